The summed E-state index contributed by atoms with van der Waals surface area (Å²) in [4.78, 5) is 24.2. The van der Waals surface area contributed by atoms with Crippen molar-refractivity contribution in [2.24, 2.45) is 5.92 Å². The van der Waals surface area contributed by atoms with Crippen LogP contribution in [0.4, 0.5) is 18.9 Å². The summed E-state index contributed by atoms with van der Waals surface area (Å²) in [5, 5.41) is 0. The molecule has 1 aliphatic rings. The lowest BCUT2D eigenvalue weighted by Gasteiger charge is -2.19. The third kappa shape index (κ3) is 2.69. The van der Waals surface area contributed by atoms with Crippen molar-refractivity contribution in [3.05, 3.63) is 24.3 Å². The Balaban J connectivity index is 2.40. The van der Waals surface area contributed by atoms with Gasteiger partial charge in [-0.25, -0.2) is 4.90 Å². The standard InChI is InChI=1S/C12H10F3NO3/c1-7-6-10(17)16(11(7)18)8-4-2-3-5-9(8)19-12(13,14)15/h2-5,7H,6H2,1H3/t7-/m0/s1. The molecule has 1 aliphatic heterocycles. The fraction of sp³-hybridized carbons (Fsp3) is 0.333. The summed E-state index contributed by atoms with van der Waals surface area (Å²) in [5.41, 5.74) is -0.181. The molecule has 19 heavy (non-hydrogen) atoms. The number of carbonyl (C=O) groups excluding carboxylic acids is 2. The number of nitrogens with zero attached hydrogens (tertiary/aromatic N) is 1. The van der Waals surface area contributed by atoms with Gasteiger partial charge in [-0.3, -0.25) is 9.59 Å². The molecule has 0 aliphatic carbocycles. The summed E-state index contributed by atoms with van der Waals surface area (Å²) in [6.45, 7) is 1.55. The van der Waals surface area contributed by atoms with Crippen molar-refractivity contribution >= 4 is 17.5 Å². The number of anilines is 1. The Morgan fingerprint density at radius 2 is 1.89 bits per heavy atom. The molecule has 102 valence electrons. The minimum atomic E-state index is -4.88. The third-order valence-electron chi connectivity index (χ3n) is 2.70. The van der Waals surface area contributed by atoms with Crippen LogP contribution in [-0.2, 0) is 9.59 Å². The van der Waals surface area contributed by atoms with Crippen molar-refractivity contribution < 1.29 is 27.5 Å². The summed E-state index contributed by atoms with van der Waals surface area (Å²) in [6.07, 6.45) is -4.90. The second-order valence-electron chi connectivity index (χ2n) is 4.19. The molecular weight excluding hydrogens is 263 g/mol. The molecule has 2 amide bonds. The van der Waals surface area contributed by atoms with Crippen molar-refractivity contribution in [3.63, 3.8) is 0 Å². The molecule has 1 saturated heterocycles. The van der Waals surface area contributed by atoms with Gasteiger partial charge in [0.25, 0.3) is 0 Å². The maximum absolute atomic E-state index is 12.3. The molecular formula is C12H10F3NO3. The summed E-state index contributed by atoms with van der Waals surface area (Å²) in [5.74, 6) is -2.16. The number of alkyl halides is 3. The smallest absolute Gasteiger partial charge is 0.404 e. The van der Waals surface area contributed by atoms with Gasteiger partial charge in [0, 0.05) is 12.3 Å². The lowest BCUT2D eigenvalue weighted by Crippen LogP contribution is -2.31. The van der Waals surface area contributed by atoms with E-state index in [1.54, 1.807) is 6.92 Å². The number of amides is 2. The normalized spacial score (nSPS) is 20.0. The molecule has 1 fully saturated rings. The van der Waals surface area contributed by atoms with E-state index in [1.807, 2.05) is 0 Å². The lowest BCUT2D eigenvalue weighted by molar-refractivity contribution is -0.274. The third-order valence-corrected chi connectivity index (χ3v) is 2.70. The van der Waals surface area contributed by atoms with Crippen LogP contribution in [0.15, 0.2) is 24.3 Å². The zero-order valence-corrected chi connectivity index (χ0v) is 9.90. The van der Waals surface area contributed by atoms with Gasteiger partial charge >= 0.3 is 6.36 Å². The molecule has 1 atom stereocenters. The van der Waals surface area contributed by atoms with Crippen LogP contribution >= 0.6 is 0 Å². The van der Waals surface area contributed by atoms with Gasteiger partial charge in [-0.05, 0) is 12.1 Å². The van der Waals surface area contributed by atoms with Crippen LogP contribution < -0.4 is 9.64 Å². The minimum Gasteiger partial charge on any atom is -0.404 e. The van der Waals surface area contributed by atoms with Crippen molar-refractivity contribution in [3.8, 4) is 5.75 Å². The van der Waals surface area contributed by atoms with E-state index in [2.05, 4.69) is 4.74 Å². The SMILES string of the molecule is C[C@H]1CC(=O)N(c2ccccc2OC(F)(F)F)C1=O. The van der Waals surface area contributed by atoms with Crippen molar-refractivity contribution in [2.75, 3.05) is 4.90 Å². The summed E-state index contributed by atoms with van der Waals surface area (Å²) in [7, 11) is 0. The highest BCUT2D eigenvalue weighted by Crippen LogP contribution is 2.36. The Kier molecular flexibility index (Phi) is 3.21. The Bertz CT molecular complexity index is 527. The molecule has 0 aromatic heterocycles. The maximum Gasteiger partial charge on any atom is 0.573 e. The Morgan fingerprint density at radius 3 is 2.42 bits per heavy atom. The number of hydrogen-bond acceptors (Lipinski definition) is 3. The topological polar surface area (TPSA) is 46.6 Å². The van der Waals surface area contributed by atoms with Crippen LogP contribution in [0.5, 0.6) is 5.75 Å². The predicted octanol–water partition coefficient (Wildman–Crippen LogP) is 2.48. The first-order valence-corrected chi connectivity index (χ1v) is 5.51. The highest BCUT2D eigenvalue weighted by molar-refractivity contribution is 6.21. The molecule has 1 heterocycles. The van der Waals surface area contributed by atoms with Gasteiger partial charge in [0.1, 0.15) is 0 Å². The average Bonchev–Trinajstić information content (AvgIpc) is 2.52. The maximum atomic E-state index is 12.3. The summed E-state index contributed by atoms with van der Waals surface area (Å²) in [6, 6.07) is 5.07. The second-order valence-corrected chi connectivity index (χ2v) is 4.19. The van der Waals surface area contributed by atoms with Crippen LogP contribution in [0.2, 0.25) is 0 Å². The van der Waals surface area contributed by atoms with Gasteiger partial charge in [0.2, 0.25) is 11.8 Å². The van der Waals surface area contributed by atoms with Crippen LogP contribution in [0.1, 0.15) is 13.3 Å². The second kappa shape index (κ2) is 4.56. The molecule has 0 bridgehead atoms. The number of hydrogen-bond donors (Lipinski definition) is 0. The van der Waals surface area contributed by atoms with E-state index >= 15 is 0 Å². The van der Waals surface area contributed by atoms with Gasteiger partial charge in [0.05, 0.1) is 5.69 Å². The van der Waals surface area contributed by atoms with Gasteiger partial charge in [-0.2, -0.15) is 0 Å². The lowest BCUT2D eigenvalue weighted by atomic mass is 10.1. The number of carbonyl (C=O) groups is 2. The van der Waals surface area contributed by atoms with Crippen LogP contribution in [0.25, 0.3) is 0 Å². The van der Waals surface area contributed by atoms with E-state index in [-0.39, 0.29) is 12.1 Å². The highest BCUT2D eigenvalue weighted by Gasteiger charge is 2.40. The van der Waals surface area contributed by atoms with Gasteiger partial charge in [0.15, 0.2) is 5.75 Å². The monoisotopic (exact) mass is 273 g/mol. The van der Waals surface area contributed by atoms with Crippen LogP contribution in [0.3, 0.4) is 0 Å². The Labute approximate surface area is 106 Å². The van der Waals surface area contributed by atoms with Crippen molar-refractivity contribution in [2.45, 2.75) is 19.7 Å². The fourth-order valence-electron chi connectivity index (χ4n) is 1.89. The molecule has 1 aromatic rings. The highest BCUT2D eigenvalue weighted by atomic mass is 19.4. The number of benzene rings is 1. The minimum absolute atomic E-state index is 0.0147. The number of imide groups is 1. The summed E-state index contributed by atoms with van der Waals surface area (Å²) < 4.78 is 40.6. The van der Waals surface area contributed by atoms with E-state index in [4.69, 9.17) is 0 Å². The van der Waals surface area contributed by atoms with Crippen LogP contribution in [-0.4, -0.2) is 18.2 Å². The van der Waals surface area contributed by atoms with E-state index < -0.39 is 29.8 Å². The van der Waals surface area contributed by atoms with E-state index in [0.29, 0.717) is 0 Å². The van der Waals surface area contributed by atoms with Gasteiger partial charge < -0.3 is 4.74 Å². The molecule has 1 aromatic carbocycles. The average molecular weight is 273 g/mol. The zero-order valence-electron chi connectivity index (χ0n) is 9.90. The zero-order chi connectivity index (χ0) is 14.2. The number of rotatable bonds is 2. The molecule has 0 saturated carbocycles. The molecule has 4 nitrogen and oxygen atoms in total. The number of para-hydroxylation sites is 2. The molecule has 0 spiro atoms. The first-order chi connectivity index (χ1) is 8.79. The number of halogens is 3. The number of ether oxygens (including phenoxy) is 1. The predicted molar refractivity (Wildman–Crippen MR) is 59.4 cm³/mol. The largest absolute Gasteiger partial charge is 0.573 e. The molecule has 0 unspecified atom stereocenters. The fourth-order valence-corrected chi connectivity index (χ4v) is 1.89. The molecule has 0 radical (unpaired) electrons. The first-order valence-electron chi connectivity index (χ1n) is 5.51. The molecule has 0 N–H and O–H groups in total. The molecule has 2 rings (SSSR count). The van der Waals surface area contributed by atoms with Crippen molar-refractivity contribution in [1.82, 2.24) is 0 Å². The van der Waals surface area contributed by atoms with Crippen molar-refractivity contribution in [1.29, 1.82) is 0 Å². The van der Waals surface area contributed by atoms with E-state index in [9.17, 15) is 22.8 Å². The van der Waals surface area contributed by atoms with Gasteiger partial charge in [-0.1, -0.05) is 19.1 Å². The first kappa shape index (κ1) is 13.4. The van der Waals surface area contributed by atoms with E-state index in [1.165, 1.54) is 18.2 Å². The van der Waals surface area contributed by atoms with Crippen LogP contribution in [0, 0.1) is 5.92 Å². The van der Waals surface area contributed by atoms with E-state index in [0.717, 1.165) is 11.0 Å². The Hall–Kier alpha value is -2.05. The molecule has 7 heteroatoms. The summed E-state index contributed by atoms with van der Waals surface area (Å²) >= 11 is 0. The Morgan fingerprint density at radius 1 is 1.26 bits per heavy atom. The van der Waals surface area contributed by atoms with Gasteiger partial charge in [-0.15, -0.1) is 13.2 Å². The quantitative estimate of drug-likeness (QED) is 0.778.